The van der Waals surface area contributed by atoms with Crippen LogP contribution in [0, 0.1) is 0 Å². The van der Waals surface area contributed by atoms with Gasteiger partial charge >= 0.3 is 0 Å². The van der Waals surface area contributed by atoms with Gasteiger partial charge in [-0.2, -0.15) is 0 Å². The molecule has 0 saturated carbocycles. The maximum atomic E-state index is 4.12. The molecule has 3 nitrogen and oxygen atoms in total. The molecule has 0 N–H and O–H groups in total. The predicted molar refractivity (Wildman–Crippen MR) is 95.4 cm³/mol. The van der Waals surface area contributed by atoms with E-state index in [1.165, 1.54) is 16.7 Å². The zero-order valence-electron chi connectivity index (χ0n) is 14.4. The Morgan fingerprint density at radius 1 is 1.09 bits per heavy atom. The van der Waals surface area contributed by atoms with E-state index in [0.29, 0.717) is 12.0 Å². The monoisotopic (exact) mass is 309 g/mol. The van der Waals surface area contributed by atoms with Crippen molar-refractivity contribution in [3.63, 3.8) is 0 Å². The van der Waals surface area contributed by atoms with E-state index in [0.717, 1.165) is 26.2 Å². The smallest absolute Gasteiger partial charge is 0.0475 e. The molecule has 0 bridgehead atoms. The number of piperazine rings is 1. The first-order chi connectivity index (χ1) is 11.1. The molecule has 3 heteroatoms. The fraction of sp³-hybridized carbons (Fsp3) is 0.450. The molecule has 0 spiro atoms. The van der Waals surface area contributed by atoms with Crippen LogP contribution in [-0.4, -0.2) is 41.5 Å². The topological polar surface area (TPSA) is 19.4 Å². The van der Waals surface area contributed by atoms with Gasteiger partial charge in [0.1, 0.15) is 0 Å². The lowest BCUT2D eigenvalue weighted by molar-refractivity contribution is 0.0899. The molecular formula is C20H27N3. The van der Waals surface area contributed by atoms with Crippen molar-refractivity contribution >= 4 is 0 Å². The van der Waals surface area contributed by atoms with Gasteiger partial charge in [0, 0.05) is 44.6 Å². The van der Waals surface area contributed by atoms with Gasteiger partial charge in [-0.3, -0.25) is 14.8 Å². The lowest BCUT2D eigenvalue weighted by atomic mass is 9.91. The third kappa shape index (κ3) is 3.80. The quantitative estimate of drug-likeness (QED) is 0.858. The highest BCUT2D eigenvalue weighted by Crippen LogP contribution is 2.31. The van der Waals surface area contributed by atoms with Crippen molar-refractivity contribution in [1.29, 1.82) is 0 Å². The molecule has 1 aromatic carbocycles. The van der Waals surface area contributed by atoms with E-state index in [9.17, 15) is 0 Å². The number of benzene rings is 1. The molecule has 1 unspecified atom stereocenters. The summed E-state index contributed by atoms with van der Waals surface area (Å²) in [4.78, 5) is 9.19. The lowest BCUT2D eigenvalue weighted by Gasteiger charge is -2.40. The number of pyridine rings is 1. The molecule has 0 radical (unpaired) electrons. The molecule has 1 saturated heterocycles. The third-order valence-electron chi connectivity index (χ3n) is 4.86. The summed E-state index contributed by atoms with van der Waals surface area (Å²) in [5, 5.41) is 0. The summed E-state index contributed by atoms with van der Waals surface area (Å²) in [5.74, 6) is 0.565. The SMILES string of the molecule is CC(C)c1ccccc1C1CN(Cc2ccncc2)CCN1C. The van der Waals surface area contributed by atoms with Crippen molar-refractivity contribution in [3.05, 3.63) is 65.5 Å². The summed E-state index contributed by atoms with van der Waals surface area (Å²) in [6.45, 7) is 8.91. The van der Waals surface area contributed by atoms with Gasteiger partial charge in [-0.1, -0.05) is 38.1 Å². The van der Waals surface area contributed by atoms with E-state index in [2.05, 4.69) is 72.1 Å². The Morgan fingerprint density at radius 3 is 2.57 bits per heavy atom. The maximum Gasteiger partial charge on any atom is 0.0475 e. The highest BCUT2D eigenvalue weighted by Gasteiger charge is 2.27. The first-order valence-corrected chi connectivity index (χ1v) is 8.55. The molecule has 3 rings (SSSR count). The Kier molecular flexibility index (Phi) is 5.09. The van der Waals surface area contributed by atoms with E-state index in [1.807, 2.05) is 12.4 Å². The van der Waals surface area contributed by atoms with Crippen molar-refractivity contribution in [2.45, 2.75) is 32.4 Å². The first-order valence-electron chi connectivity index (χ1n) is 8.55. The summed E-state index contributed by atoms with van der Waals surface area (Å²) in [7, 11) is 2.26. The molecule has 23 heavy (non-hydrogen) atoms. The number of hydrogen-bond donors (Lipinski definition) is 0. The van der Waals surface area contributed by atoms with Crippen LogP contribution in [0.3, 0.4) is 0 Å². The Labute approximate surface area is 140 Å². The van der Waals surface area contributed by atoms with Crippen LogP contribution < -0.4 is 0 Å². The summed E-state index contributed by atoms with van der Waals surface area (Å²) in [6, 6.07) is 13.7. The Balaban J connectivity index is 1.79. The van der Waals surface area contributed by atoms with Crippen molar-refractivity contribution < 1.29 is 0 Å². The predicted octanol–water partition coefficient (Wildman–Crippen LogP) is 3.69. The Bertz CT molecular complexity index is 624. The minimum atomic E-state index is 0.476. The molecule has 1 atom stereocenters. The second-order valence-electron chi connectivity index (χ2n) is 6.87. The molecule has 0 aliphatic carbocycles. The van der Waals surface area contributed by atoms with Gasteiger partial charge < -0.3 is 0 Å². The molecule has 1 aliphatic heterocycles. The Hall–Kier alpha value is -1.71. The zero-order chi connectivity index (χ0) is 16.2. The number of nitrogens with zero attached hydrogens (tertiary/aromatic N) is 3. The molecule has 122 valence electrons. The summed E-state index contributed by atoms with van der Waals surface area (Å²) in [5.41, 5.74) is 4.32. The van der Waals surface area contributed by atoms with Crippen molar-refractivity contribution in [2.75, 3.05) is 26.7 Å². The van der Waals surface area contributed by atoms with Gasteiger partial charge in [-0.05, 0) is 41.8 Å². The van der Waals surface area contributed by atoms with E-state index in [1.54, 1.807) is 0 Å². The number of likely N-dealkylation sites (N-methyl/N-ethyl adjacent to an activating group) is 1. The summed E-state index contributed by atoms with van der Waals surface area (Å²) in [6.07, 6.45) is 3.77. The van der Waals surface area contributed by atoms with Gasteiger partial charge in [0.2, 0.25) is 0 Å². The van der Waals surface area contributed by atoms with Crippen molar-refractivity contribution in [1.82, 2.24) is 14.8 Å². The fourth-order valence-electron chi connectivity index (χ4n) is 3.50. The second kappa shape index (κ2) is 7.24. The molecule has 2 heterocycles. The van der Waals surface area contributed by atoms with E-state index in [4.69, 9.17) is 0 Å². The number of aromatic nitrogens is 1. The van der Waals surface area contributed by atoms with Crippen LogP contribution in [0.15, 0.2) is 48.8 Å². The normalized spacial score (nSPS) is 20.1. The molecule has 2 aromatic rings. The van der Waals surface area contributed by atoms with Crippen molar-refractivity contribution in [3.8, 4) is 0 Å². The van der Waals surface area contributed by atoms with Crippen LogP contribution in [0.1, 0.15) is 42.5 Å². The first kappa shape index (κ1) is 16.2. The number of hydrogen-bond acceptors (Lipinski definition) is 3. The van der Waals surface area contributed by atoms with Crippen LogP contribution in [0.4, 0.5) is 0 Å². The summed E-state index contributed by atoms with van der Waals surface area (Å²) < 4.78 is 0. The van der Waals surface area contributed by atoms with E-state index < -0.39 is 0 Å². The van der Waals surface area contributed by atoms with Crippen LogP contribution in [0.5, 0.6) is 0 Å². The van der Waals surface area contributed by atoms with Gasteiger partial charge in [0.15, 0.2) is 0 Å². The van der Waals surface area contributed by atoms with Crippen LogP contribution in [-0.2, 0) is 6.54 Å². The minimum absolute atomic E-state index is 0.476. The fourth-order valence-corrected chi connectivity index (χ4v) is 3.50. The van der Waals surface area contributed by atoms with E-state index >= 15 is 0 Å². The second-order valence-corrected chi connectivity index (χ2v) is 6.87. The van der Waals surface area contributed by atoms with Gasteiger partial charge in [0.05, 0.1) is 0 Å². The minimum Gasteiger partial charge on any atom is -0.297 e. The lowest BCUT2D eigenvalue weighted by Crippen LogP contribution is -2.46. The van der Waals surface area contributed by atoms with Crippen LogP contribution in [0.25, 0.3) is 0 Å². The molecule has 0 amide bonds. The largest absolute Gasteiger partial charge is 0.297 e. The molecular weight excluding hydrogens is 282 g/mol. The van der Waals surface area contributed by atoms with E-state index in [-0.39, 0.29) is 0 Å². The standard InChI is InChI=1S/C20H27N3/c1-16(2)18-6-4-5-7-19(18)20-15-23(13-12-22(20)3)14-17-8-10-21-11-9-17/h4-11,16,20H,12-15H2,1-3H3. The highest BCUT2D eigenvalue weighted by atomic mass is 15.3. The highest BCUT2D eigenvalue weighted by molar-refractivity contribution is 5.33. The Morgan fingerprint density at radius 2 is 1.83 bits per heavy atom. The zero-order valence-corrected chi connectivity index (χ0v) is 14.4. The van der Waals surface area contributed by atoms with Gasteiger partial charge in [-0.15, -0.1) is 0 Å². The van der Waals surface area contributed by atoms with Crippen LogP contribution >= 0.6 is 0 Å². The van der Waals surface area contributed by atoms with Crippen molar-refractivity contribution in [2.24, 2.45) is 0 Å². The molecule has 1 aromatic heterocycles. The maximum absolute atomic E-state index is 4.12. The average molecular weight is 309 g/mol. The van der Waals surface area contributed by atoms with Gasteiger partial charge in [-0.25, -0.2) is 0 Å². The molecule has 1 fully saturated rings. The summed E-state index contributed by atoms with van der Waals surface area (Å²) >= 11 is 0. The van der Waals surface area contributed by atoms with Crippen LogP contribution in [0.2, 0.25) is 0 Å². The average Bonchev–Trinajstić information content (AvgIpc) is 2.57. The number of rotatable bonds is 4. The molecule has 1 aliphatic rings. The van der Waals surface area contributed by atoms with Gasteiger partial charge in [0.25, 0.3) is 0 Å². The third-order valence-corrected chi connectivity index (χ3v) is 4.86.